The molecule has 0 radical (unpaired) electrons. The summed E-state index contributed by atoms with van der Waals surface area (Å²) in [6.45, 7) is 4.08. The quantitative estimate of drug-likeness (QED) is 0.866. The van der Waals surface area contributed by atoms with E-state index in [9.17, 15) is 9.59 Å². The van der Waals surface area contributed by atoms with E-state index in [4.69, 9.17) is 4.74 Å². The van der Waals surface area contributed by atoms with Gasteiger partial charge in [0.2, 0.25) is 11.8 Å². The first-order valence-corrected chi connectivity index (χ1v) is 8.82. The van der Waals surface area contributed by atoms with E-state index < -0.39 is 0 Å². The summed E-state index contributed by atoms with van der Waals surface area (Å²) in [6.07, 6.45) is 3.56. The lowest BCUT2D eigenvalue weighted by Crippen LogP contribution is -2.47. The lowest BCUT2D eigenvalue weighted by molar-refractivity contribution is -0.133. The Kier molecular flexibility index (Phi) is 5.19. The number of carbonyl (C=O) groups is 2. The maximum atomic E-state index is 12.6. The predicted molar refractivity (Wildman–Crippen MR) is 91.6 cm³/mol. The Hall–Kier alpha value is -1.88. The van der Waals surface area contributed by atoms with Crippen LogP contribution in [-0.4, -0.2) is 49.1 Å². The molecule has 0 aromatic heterocycles. The second kappa shape index (κ2) is 7.34. The molecule has 130 valence electrons. The molecule has 2 aliphatic rings. The molecule has 1 saturated heterocycles. The standard InChI is InChI=1S/C19H26N2O3/c1-15(22)21(17-7-13-24-14-8-17)12-11-20-18(23)19(9-10-19)16-5-3-2-4-6-16/h2-6,17H,7-14H2,1H3,(H,20,23). The van der Waals surface area contributed by atoms with Crippen LogP contribution in [0.2, 0.25) is 0 Å². The van der Waals surface area contributed by atoms with Gasteiger partial charge in [0.25, 0.3) is 0 Å². The fraction of sp³-hybridized carbons (Fsp3) is 0.579. The van der Waals surface area contributed by atoms with Crippen molar-refractivity contribution in [1.82, 2.24) is 10.2 Å². The SMILES string of the molecule is CC(=O)N(CCNC(=O)C1(c2ccccc2)CC1)C1CCOCC1. The molecule has 5 nitrogen and oxygen atoms in total. The molecule has 2 fully saturated rings. The van der Waals surface area contributed by atoms with Crippen LogP contribution in [0.1, 0.15) is 38.2 Å². The molecule has 1 saturated carbocycles. The number of ether oxygens (including phenoxy) is 1. The molecule has 1 aromatic carbocycles. The minimum atomic E-state index is -0.346. The van der Waals surface area contributed by atoms with E-state index >= 15 is 0 Å². The van der Waals surface area contributed by atoms with Gasteiger partial charge in [-0.25, -0.2) is 0 Å². The topological polar surface area (TPSA) is 58.6 Å². The molecule has 3 rings (SSSR count). The number of rotatable bonds is 6. The summed E-state index contributed by atoms with van der Waals surface area (Å²) >= 11 is 0. The lowest BCUT2D eigenvalue weighted by atomic mass is 9.95. The second-order valence-corrected chi connectivity index (χ2v) is 6.76. The van der Waals surface area contributed by atoms with E-state index in [1.807, 2.05) is 35.2 Å². The molecule has 0 unspecified atom stereocenters. The summed E-state index contributed by atoms with van der Waals surface area (Å²) in [5, 5.41) is 3.04. The van der Waals surface area contributed by atoms with Gasteiger partial charge in [-0.2, -0.15) is 0 Å². The molecule has 0 atom stereocenters. The first-order chi connectivity index (χ1) is 11.6. The fourth-order valence-corrected chi connectivity index (χ4v) is 3.58. The van der Waals surface area contributed by atoms with Crippen LogP contribution >= 0.6 is 0 Å². The van der Waals surface area contributed by atoms with Gasteiger partial charge in [0.1, 0.15) is 0 Å². The highest BCUT2D eigenvalue weighted by Crippen LogP contribution is 2.48. The van der Waals surface area contributed by atoms with Crippen molar-refractivity contribution in [2.45, 2.75) is 44.1 Å². The number of benzene rings is 1. The van der Waals surface area contributed by atoms with Crippen molar-refractivity contribution in [1.29, 1.82) is 0 Å². The lowest BCUT2D eigenvalue weighted by Gasteiger charge is -2.33. The van der Waals surface area contributed by atoms with Crippen molar-refractivity contribution in [3.05, 3.63) is 35.9 Å². The normalized spacial score (nSPS) is 19.5. The zero-order valence-electron chi connectivity index (χ0n) is 14.3. The maximum Gasteiger partial charge on any atom is 0.230 e. The van der Waals surface area contributed by atoms with Crippen molar-refractivity contribution in [3.8, 4) is 0 Å². The molecular formula is C19H26N2O3. The van der Waals surface area contributed by atoms with E-state index in [1.165, 1.54) is 0 Å². The Morgan fingerprint density at radius 1 is 1.21 bits per heavy atom. The third-order valence-corrected chi connectivity index (χ3v) is 5.19. The molecule has 1 N–H and O–H groups in total. The number of carbonyl (C=O) groups excluding carboxylic acids is 2. The van der Waals surface area contributed by atoms with Crippen LogP contribution in [0.5, 0.6) is 0 Å². The van der Waals surface area contributed by atoms with Gasteiger partial charge < -0.3 is 15.0 Å². The van der Waals surface area contributed by atoms with E-state index in [0.717, 1.165) is 31.2 Å². The molecule has 1 aromatic rings. The number of hydrogen-bond acceptors (Lipinski definition) is 3. The highest BCUT2D eigenvalue weighted by atomic mass is 16.5. The molecule has 24 heavy (non-hydrogen) atoms. The van der Waals surface area contributed by atoms with Crippen molar-refractivity contribution in [2.75, 3.05) is 26.3 Å². The minimum Gasteiger partial charge on any atom is -0.381 e. The summed E-state index contributed by atoms with van der Waals surface area (Å²) in [7, 11) is 0. The fourth-order valence-electron chi connectivity index (χ4n) is 3.58. The third kappa shape index (κ3) is 3.61. The molecule has 2 amide bonds. The summed E-state index contributed by atoms with van der Waals surface area (Å²) < 4.78 is 5.37. The van der Waals surface area contributed by atoms with Gasteiger partial charge in [0.15, 0.2) is 0 Å². The van der Waals surface area contributed by atoms with Crippen molar-refractivity contribution >= 4 is 11.8 Å². The Bertz CT molecular complexity index is 578. The van der Waals surface area contributed by atoms with Crippen LogP contribution < -0.4 is 5.32 Å². The van der Waals surface area contributed by atoms with Gasteiger partial charge in [-0.1, -0.05) is 30.3 Å². The zero-order valence-corrected chi connectivity index (χ0v) is 14.3. The molecule has 0 bridgehead atoms. The Morgan fingerprint density at radius 2 is 1.88 bits per heavy atom. The largest absolute Gasteiger partial charge is 0.381 e. The van der Waals surface area contributed by atoms with Crippen LogP contribution in [0.3, 0.4) is 0 Å². The Morgan fingerprint density at radius 3 is 2.46 bits per heavy atom. The highest BCUT2D eigenvalue weighted by Gasteiger charge is 2.50. The zero-order chi connectivity index (χ0) is 17.0. The van der Waals surface area contributed by atoms with Crippen molar-refractivity contribution < 1.29 is 14.3 Å². The first kappa shape index (κ1) is 17.0. The van der Waals surface area contributed by atoms with E-state index in [1.54, 1.807) is 6.92 Å². The van der Waals surface area contributed by atoms with Gasteiger partial charge in [0, 0.05) is 39.3 Å². The van der Waals surface area contributed by atoms with Crippen LogP contribution in [0, 0.1) is 0 Å². The predicted octanol–water partition coefficient (Wildman–Crippen LogP) is 1.86. The molecular weight excluding hydrogens is 304 g/mol. The van der Waals surface area contributed by atoms with E-state index in [0.29, 0.717) is 26.3 Å². The van der Waals surface area contributed by atoms with Crippen LogP contribution in [0.4, 0.5) is 0 Å². The Labute approximate surface area is 143 Å². The van der Waals surface area contributed by atoms with Gasteiger partial charge >= 0.3 is 0 Å². The smallest absolute Gasteiger partial charge is 0.230 e. The molecule has 1 aliphatic heterocycles. The average molecular weight is 330 g/mol. The van der Waals surface area contributed by atoms with Crippen LogP contribution in [-0.2, 0) is 19.7 Å². The highest BCUT2D eigenvalue weighted by molar-refractivity contribution is 5.91. The molecule has 0 spiro atoms. The van der Waals surface area contributed by atoms with E-state index in [2.05, 4.69) is 5.32 Å². The number of amides is 2. The van der Waals surface area contributed by atoms with Gasteiger partial charge in [0.05, 0.1) is 5.41 Å². The third-order valence-electron chi connectivity index (χ3n) is 5.19. The summed E-state index contributed by atoms with van der Waals surface area (Å²) in [5.74, 6) is 0.157. The minimum absolute atomic E-state index is 0.0698. The number of hydrogen-bond donors (Lipinski definition) is 1. The summed E-state index contributed by atoms with van der Waals surface area (Å²) in [6, 6.07) is 10.2. The van der Waals surface area contributed by atoms with Crippen LogP contribution in [0.25, 0.3) is 0 Å². The van der Waals surface area contributed by atoms with Gasteiger partial charge in [-0.3, -0.25) is 9.59 Å². The van der Waals surface area contributed by atoms with Crippen molar-refractivity contribution in [2.24, 2.45) is 0 Å². The number of nitrogens with zero attached hydrogens (tertiary/aromatic N) is 1. The summed E-state index contributed by atoms with van der Waals surface area (Å²) in [5.41, 5.74) is 0.747. The van der Waals surface area contributed by atoms with Crippen molar-refractivity contribution in [3.63, 3.8) is 0 Å². The number of nitrogens with one attached hydrogen (secondary N) is 1. The Balaban J connectivity index is 1.53. The van der Waals surface area contributed by atoms with Gasteiger partial charge in [-0.15, -0.1) is 0 Å². The molecule has 5 heteroatoms. The first-order valence-electron chi connectivity index (χ1n) is 8.82. The second-order valence-electron chi connectivity index (χ2n) is 6.76. The van der Waals surface area contributed by atoms with E-state index in [-0.39, 0.29) is 23.3 Å². The summed E-state index contributed by atoms with van der Waals surface area (Å²) in [4.78, 5) is 26.4. The maximum absolute atomic E-state index is 12.6. The molecule has 1 heterocycles. The monoisotopic (exact) mass is 330 g/mol. The average Bonchev–Trinajstić information content (AvgIpc) is 3.42. The van der Waals surface area contributed by atoms with Gasteiger partial charge in [-0.05, 0) is 31.2 Å². The molecule has 1 aliphatic carbocycles. The van der Waals surface area contributed by atoms with Crippen LogP contribution in [0.15, 0.2) is 30.3 Å².